The first kappa shape index (κ1) is 66.9. The number of carbonyl (C=O) groups is 2. The predicted molar refractivity (Wildman–Crippen MR) is 354 cm³/mol. The molecule has 1 aliphatic rings. The van der Waals surface area contributed by atoms with Crippen LogP contribution in [0.15, 0.2) is 207 Å². The second kappa shape index (κ2) is 31.0. The fourth-order valence-corrected chi connectivity index (χ4v) is 13.4. The van der Waals surface area contributed by atoms with Gasteiger partial charge >= 0.3 is 25.8 Å². The van der Waals surface area contributed by atoms with Crippen LogP contribution in [0, 0.1) is 18.4 Å². The van der Waals surface area contributed by atoms with E-state index in [0.717, 1.165) is 42.4 Å². The Hall–Kier alpha value is -9.05. The Bertz CT molecular complexity index is 3880. The monoisotopic (exact) mass is 1280 g/mol. The highest BCUT2D eigenvalue weighted by Gasteiger charge is 2.56. The molecule has 10 rings (SSSR count). The average molecular weight is 1280 g/mol. The second-order valence-electron chi connectivity index (χ2n) is 22.7. The number of unbranched alkanes of at least 4 members (excludes halogenated alkanes) is 4. The molecule has 1 unspecified atom stereocenters. The highest BCUT2D eigenvalue weighted by molar-refractivity contribution is 7.51. The number of nitrogens with one attached hydrogen (secondary N) is 2. The summed E-state index contributed by atoms with van der Waals surface area (Å²) in [5.74, 6) is 2.59. The van der Waals surface area contributed by atoms with E-state index in [1.807, 2.05) is 214 Å². The number of halogens is 1. The molecule has 482 valence electrons. The maximum atomic E-state index is 16.8. The highest BCUT2D eigenvalue weighted by atomic mass is 31.2. The quantitative estimate of drug-likeness (QED) is 0.0101. The number of anilines is 1. The van der Waals surface area contributed by atoms with Gasteiger partial charge in [0.1, 0.15) is 47.6 Å². The van der Waals surface area contributed by atoms with E-state index < -0.39 is 73.6 Å². The lowest BCUT2D eigenvalue weighted by atomic mass is 9.77. The van der Waals surface area contributed by atoms with Gasteiger partial charge in [-0.25, -0.2) is 19.4 Å². The van der Waals surface area contributed by atoms with E-state index in [1.165, 1.54) is 13.3 Å². The van der Waals surface area contributed by atoms with Crippen molar-refractivity contribution in [3.05, 3.63) is 252 Å². The minimum absolute atomic E-state index is 0.0166. The Kier molecular flexibility index (Phi) is 22.3. The van der Waals surface area contributed by atoms with Crippen LogP contribution < -0.4 is 19.9 Å². The second-order valence-corrected chi connectivity index (χ2v) is 24.5. The molecule has 17 nitrogen and oxygen atoms in total. The molecule has 93 heavy (non-hydrogen) atoms. The molecule has 0 saturated carbocycles. The average Bonchev–Trinajstić information content (AvgIpc) is 1.73. The standard InChI is InChI=1S/C74H78FN6O11P/c1-7-10-27-47-87-69(82)53(4)92-93(84,80-63(49-54-29-17-12-18-30-54)70(83)88-48-28-11-8-2)89-51-72(9-3)64(90-74(58-35-23-15-24-36-58,59-37-25-16-26-38-59)60-41-45-62(86-6)46-42-60)50-65(91-72)81-52-76-66-67(77-71(75)78-68(66)81)79-73(55-31-19-13-20-32-55,56-33-21-14-22-34-56)57-39-43-61(85-5)44-40-57/h3,12-26,29-46,52-53,63-65H,7-8,10-11,27-28,47-51H2,1-2,4-6H3,(H,80,84)(H,77,78,79)/t53-,63-,64-,65+,72+,93?/m0/s1. The van der Waals surface area contributed by atoms with Gasteiger partial charge in [-0.15, -0.1) is 6.42 Å². The molecule has 6 atom stereocenters. The van der Waals surface area contributed by atoms with E-state index in [2.05, 4.69) is 26.3 Å². The Morgan fingerprint density at radius 1 is 0.688 bits per heavy atom. The topological polar surface area (TPSA) is 193 Å². The third-order valence-corrected chi connectivity index (χ3v) is 18.3. The molecule has 19 heteroatoms. The van der Waals surface area contributed by atoms with Gasteiger partial charge in [-0.3, -0.25) is 18.4 Å². The van der Waals surface area contributed by atoms with Crippen molar-refractivity contribution < 1.29 is 56.0 Å². The molecule has 1 aliphatic heterocycles. The Morgan fingerprint density at radius 2 is 1.17 bits per heavy atom. The number of fused-ring (bicyclic) bond motifs is 1. The molecule has 0 bridgehead atoms. The lowest BCUT2D eigenvalue weighted by Gasteiger charge is -2.41. The largest absolute Gasteiger partial charge is 0.497 e. The van der Waals surface area contributed by atoms with Crippen molar-refractivity contribution in [3.63, 3.8) is 0 Å². The number of aromatic nitrogens is 4. The molecule has 2 aromatic heterocycles. The van der Waals surface area contributed by atoms with Gasteiger partial charge in [0.25, 0.3) is 0 Å². The third kappa shape index (κ3) is 15.2. The van der Waals surface area contributed by atoms with Gasteiger partial charge in [-0.1, -0.05) is 221 Å². The summed E-state index contributed by atoms with van der Waals surface area (Å²) in [6.07, 6.45) is 7.73. The summed E-state index contributed by atoms with van der Waals surface area (Å²) in [7, 11) is -1.79. The minimum atomic E-state index is -4.97. The molecule has 0 radical (unpaired) electrons. The predicted octanol–water partition coefficient (Wildman–Crippen LogP) is 14.3. The van der Waals surface area contributed by atoms with E-state index >= 15 is 8.96 Å². The zero-order valence-corrected chi connectivity index (χ0v) is 53.8. The number of hydrogen-bond donors (Lipinski definition) is 2. The number of methoxy groups -OCH3 is 2. The van der Waals surface area contributed by atoms with Crippen LogP contribution in [0.2, 0.25) is 0 Å². The van der Waals surface area contributed by atoms with E-state index in [9.17, 15) is 9.59 Å². The number of nitrogens with zero attached hydrogens (tertiary/aromatic N) is 4. The van der Waals surface area contributed by atoms with Crippen molar-refractivity contribution in [2.24, 2.45) is 0 Å². The van der Waals surface area contributed by atoms with E-state index in [1.54, 1.807) is 18.8 Å². The van der Waals surface area contributed by atoms with Crippen LogP contribution in [0.3, 0.4) is 0 Å². The summed E-state index contributed by atoms with van der Waals surface area (Å²) in [6, 6.07) is 61.4. The molecule has 2 N–H and O–H groups in total. The number of hydrogen-bond acceptors (Lipinski definition) is 15. The number of benzene rings is 7. The number of imidazole rings is 1. The summed E-state index contributed by atoms with van der Waals surface area (Å²) in [5.41, 5.74) is 0.500. The van der Waals surface area contributed by atoms with Gasteiger partial charge in [0.05, 0.1) is 33.8 Å². The Balaban J connectivity index is 1.12. The normalized spacial score (nSPS) is 17.0. The Morgan fingerprint density at radius 3 is 1.69 bits per heavy atom. The summed E-state index contributed by atoms with van der Waals surface area (Å²) >= 11 is 0. The van der Waals surface area contributed by atoms with Crippen molar-refractivity contribution in [1.82, 2.24) is 24.6 Å². The molecule has 3 heterocycles. The van der Waals surface area contributed by atoms with Gasteiger partial charge in [0, 0.05) is 6.42 Å². The minimum Gasteiger partial charge on any atom is -0.497 e. The number of rotatable bonds is 32. The van der Waals surface area contributed by atoms with Gasteiger partial charge in [-0.2, -0.15) is 14.4 Å². The first-order valence-corrected chi connectivity index (χ1v) is 33.0. The third-order valence-electron chi connectivity index (χ3n) is 16.6. The molecule has 0 amide bonds. The lowest BCUT2D eigenvalue weighted by Crippen LogP contribution is -2.49. The van der Waals surface area contributed by atoms with Gasteiger partial charge < -0.3 is 33.7 Å². The first-order chi connectivity index (χ1) is 45.3. The number of ether oxygens (including phenoxy) is 6. The van der Waals surface area contributed by atoms with Crippen LogP contribution in [0.4, 0.5) is 10.2 Å². The number of terminal acetylenes is 1. The summed E-state index contributed by atoms with van der Waals surface area (Å²) in [6.45, 7) is 4.87. The van der Waals surface area contributed by atoms with Crippen LogP contribution in [-0.4, -0.2) is 89.3 Å². The van der Waals surface area contributed by atoms with Crippen LogP contribution in [0.25, 0.3) is 11.2 Å². The van der Waals surface area contributed by atoms with Gasteiger partial charge in [-0.05, 0) is 89.4 Å². The molecular weight excluding hydrogens is 1200 g/mol. The van der Waals surface area contributed by atoms with E-state index in [-0.39, 0.29) is 43.0 Å². The molecule has 9 aromatic rings. The maximum absolute atomic E-state index is 16.8. The van der Waals surface area contributed by atoms with Crippen molar-refractivity contribution in [3.8, 4) is 23.8 Å². The van der Waals surface area contributed by atoms with Crippen LogP contribution >= 0.6 is 7.75 Å². The lowest BCUT2D eigenvalue weighted by molar-refractivity contribution is -0.152. The number of esters is 2. The zero-order chi connectivity index (χ0) is 65.3. The molecular formula is C74H78FN6O11P. The van der Waals surface area contributed by atoms with Crippen LogP contribution in [0.5, 0.6) is 11.5 Å². The molecule has 7 aromatic carbocycles. The fourth-order valence-electron chi connectivity index (χ4n) is 11.8. The maximum Gasteiger partial charge on any atom is 0.407 e. The first-order valence-electron chi connectivity index (χ1n) is 31.4. The van der Waals surface area contributed by atoms with E-state index in [4.69, 9.17) is 48.9 Å². The molecule has 0 spiro atoms. The van der Waals surface area contributed by atoms with Crippen molar-refractivity contribution in [2.75, 3.05) is 39.4 Å². The van der Waals surface area contributed by atoms with Crippen LogP contribution in [0.1, 0.15) is 111 Å². The summed E-state index contributed by atoms with van der Waals surface area (Å²) in [4.78, 5) is 41.9. The molecule has 0 aliphatic carbocycles. The van der Waals surface area contributed by atoms with E-state index in [0.29, 0.717) is 46.6 Å². The van der Waals surface area contributed by atoms with Crippen molar-refractivity contribution >= 4 is 36.7 Å². The van der Waals surface area contributed by atoms with Gasteiger partial charge in [0.15, 0.2) is 28.7 Å². The molecule has 1 saturated heterocycles. The van der Waals surface area contributed by atoms with Gasteiger partial charge in [0.2, 0.25) is 0 Å². The number of carbonyl (C=O) groups excluding carboxylic acids is 2. The van der Waals surface area contributed by atoms with Crippen molar-refractivity contribution in [2.45, 2.75) is 113 Å². The fraction of sp³-hybridized carbons (Fsp3) is 0.311. The summed E-state index contributed by atoms with van der Waals surface area (Å²) in [5, 5.41) is 6.58. The summed E-state index contributed by atoms with van der Waals surface area (Å²) < 4.78 is 85.1. The Labute approximate surface area is 542 Å². The highest BCUT2D eigenvalue weighted by Crippen LogP contribution is 2.53. The molecule has 1 fully saturated rings. The SMILES string of the molecule is C#C[C@]1(COP(=O)(N[C@@H](Cc2ccccc2)C(=O)OCCCCC)O[C@@H](C)C(=O)OCCCCC)O[C@@H](n2cnc3c(NC(c4ccccc4)(c4ccccc4)c4ccc(OC)cc4)nc(F)nc32)C[C@@H]1OC(c1ccccc1)(c1ccccc1)c1ccc(OC)cc1. The smallest absolute Gasteiger partial charge is 0.407 e. The zero-order valence-electron chi connectivity index (χ0n) is 52.9. The van der Waals surface area contributed by atoms with Crippen LogP contribution in [-0.2, 0) is 59.7 Å². The van der Waals surface area contributed by atoms with Crippen molar-refractivity contribution in [1.29, 1.82) is 0 Å².